The summed E-state index contributed by atoms with van der Waals surface area (Å²) in [4.78, 5) is 42.2. The van der Waals surface area contributed by atoms with Gasteiger partial charge >= 0.3 is 12.0 Å². The van der Waals surface area contributed by atoms with Gasteiger partial charge in [-0.15, -0.1) is 11.3 Å². The fourth-order valence-electron chi connectivity index (χ4n) is 3.13. The normalized spacial score (nSPS) is 11.5. The van der Waals surface area contributed by atoms with Crippen molar-refractivity contribution in [2.24, 2.45) is 0 Å². The zero-order chi connectivity index (χ0) is 23.5. The molecule has 1 N–H and O–H groups in total. The van der Waals surface area contributed by atoms with Gasteiger partial charge in [-0.2, -0.15) is 0 Å². The predicted molar refractivity (Wildman–Crippen MR) is 126 cm³/mol. The molecule has 8 heteroatoms. The maximum Gasteiger partial charge on any atom is 0.325 e. The first kappa shape index (κ1) is 25.4. The van der Waals surface area contributed by atoms with E-state index in [1.165, 1.54) is 4.90 Å². The summed E-state index contributed by atoms with van der Waals surface area (Å²) >= 11 is 1.62. The van der Waals surface area contributed by atoms with Crippen molar-refractivity contribution < 1.29 is 19.1 Å². The smallest absolute Gasteiger partial charge is 0.325 e. The summed E-state index contributed by atoms with van der Waals surface area (Å²) in [5.41, 5.74) is 2.17. The quantitative estimate of drug-likeness (QED) is 0.516. The van der Waals surface area contributed by atoms with Crippen molar-refractivity contribution in [3.05, 3.63) is 57.8 Å². The highest BCUT2D eigenvalue weighted by Crippen LogP contribution is 2.20. The zero-order valence-corrected chi connectivity index (χ0v) is 20.1. The Labute approximate surface area is 194 Å². The molecule has 0 aliphatic carbocycles. The Morgan fingerprint density at radius 3 is 2.41 bits per heavy atom. The Hall–Kier alpha value is -2.87. The molecule has 0 aliphatic heterocycles. The minimum Gasteiger partial charge on any atom is -0.465 e. The molecule has 32 heavy (non-hydrogen) atoms. The summed E-state index contributed by atoms with van der Waals surface area (Å²) < 4.78 is 4.87. The molecule has 0 radical (unpaired) electrons. The largest absolute Gasteiger partial charge is 0.465 e. The van der Waals surface area contributed by atoms with E-state index in [0.717, 1.165) is 16.0 Å². The van der Waals surface area contributed by atoms with Crippen LogP contribution in [0.5, 0.6) is 0 Å². The third kappa shape index (κ3) is 7.67. The molecule has 1 unspecified atom stereocenters. The fourth-order valence-corrected chi connectivity index (χ4v) is 4.05. The third-order valence-electron chi connectivity index (χ3n) is 5.25. The monoisotopic (exact) mass is 459 g/mol. The molecular formula is C24H33N3O4S. The fraction of sp³-hybridized carbons (Fsp3) is 0.458. The van der Waals surface area contributed by atoms with E-state index < -0.39 is 12.0 Å². The molecule has 1 heterocycles. The van der Waals surface area contributed by atoms with Crippen LogP contribution in [0.15, 0.2) is 41.8 Å². The van der Waals surface area contributed by atoms with E-state index in [0.29, 0.717) is 19.5 Å². The Morgan fingerprint density at radius 1 is 1.09 bits per heavy atom. The second-order valence-electron chi connectivity index (χ2n) is 7.61. The van der Waals surface area contributed by atoms with Crippen molar-refractivity contribution in [3.63, 3.8) is 0 Å². The second-order valence-corrected chi connectivity index (χ2v) is 8.61. The summed E-state index contributed by atoms with van der Waals surface area (Å²) in [5.74, 6) is -0.650. The summed E-state index contributed by atoms with van der Waals surface area (Å²) in [6.45, 7) is 8.48. The van der Waals surface area contributed by atoms with Gasteiger partial charge in [0.2, 0.25) is 5.91 Å². The summed E-state index contributed by atoms with van der Waals surface area (Å²) in [5, 5.41) is 4.59. The van der Waals surface area contributed by atoms with Crippen LogP contribution in [0.2, 0.25) is 0 Å². The van der Waals surface area contributed by atoms with Crippen LogP contribution in [0.3, 0.4) is 0 Å². The lowest BCUT2D eigenvalue weighted by Gasteiger charge is -2.31. The average molecular weight is 460 g/mol. The number of carbonyl (C=O) groups is 3. The van der Waals surface area contributed by atoms with Gasteiger partial charge in [-0.1, -0.05) is 37.3 Å². The molecule has 1 aromatic carbocycles. The lowest BCUT2D eigenvalue weighted by Crippen LogP contribution is -2.51. The SMILES string of the molecule is CCOC(=O)CNC(=O)N(CC(=O)N(Cc1ccccc1)Cc1sccc1C)C(C)CC. The molecule has 0 bridgehead atoms. The number of nitrogens with zero attached hydrogens (tertiary/aromatic N) is 2. The number of hydrogen-bond acceptors (Lipinski definition) is 5. The van der Waals surface area contributed by atoms with Crippen LogP contribution < -0.4 is 5.32 Å². The molecule has 1 aromatic heterocycles. The molecule has 0 fully saturated rings. The number of aryl methyl sites for hydroxylation is 1. The van der Waals surface area contributed by atoms with Crippen molar-refractivity contribution in [2.75, 3.05) is 19.7 Å². The summed E-state index contributed by atoms with van der Waals surface area (Å²) in [6, 6.07) is 11.2. The van der Waals surface area contributed by atoms with Gasteiger partial charge < -0.3 is 19.9 Å². The van der Waals surface area contributed by atoms with Crippen LogP contribution in [0, 0.1) is 6.92 Å². The molecule has 7 nitrogen and oxygen atoms in total. The Bertz CT molecular complexity index is 884. The number of nitrogens with one attached hydrogen (secondary N) is 1. The number of rotatable bonds is 11. The number of ether oxygens (including phenoxy) is 1. The van der Waals surface area contributed by atoms with Gasteiger partial charge in [-0.3, -0.25) is 9.59 Å². The van der Waals surface area contributed by atoms with Gasteiger partial charge in [-0.05, 0) is 49.8 Å². The molecule has 0 saturated carbocycles. The van der Waals surface area contributed by atoms with E-state index in [1.807, 2.05) is 62.5 Å². The minimum atomic E-state index is -0.504. The van der Waals surface area contributed by atoms with Crippen LogP contribution in [-0.2, 0) is 27.4 Å². The lowest BCUT2D eigenvalue weighted by atomic mass is 10.2. The topological polar surface area (TPSA) is 79.0 Å². The van der Waals surface area contributed by atoms with Crippen LogP contribution in [0.25, 0.3) is 0 Å². The standard InChI is InChI=1S/C24H33N3O4S/c1-5-19(4)27(24(30)25-14-23(29)31-6-2)17-22(28)26(15-20-10-8-7-9-11-20)16-21-18(3)12-13-32-21/h7-13,19H,5-6,14-17H2,1-4H3,(H,25,30). The van der Waals surface area contributed by atoms with Crippen LogP contribution >= 0.6 is 11.3 Å². The van der Waals surface area contributed by atoms with Crippen LogP contribution in [-0.4, -0.2) is 53.4 Å². The molecular weight excluding hydrogens is 426 g/mol. The molecule has 0 aliphatic rings. The van der Waals surface area contributed by atoms with Gasteiger partial charge in [0.15, 0.2) is 0 Å². The van der Waals surface area contributed by atoms with Crippen LogP contribution in [0.4, 0.5) is 4.79 Å². The first-order chi connectivity index (χ1) is 15.3. The number of benzene rings is 1. The van der Waals surface area contributed by atoms with E-state index >= 15 is 0 Å². The van der Waals surface area contributed by atoms with Gasteiger partial charge in [0, 0.05) is 17.5 Å². The predicted octanol–water partition coefficient (Wildman–Crippen LogP) is 3.96. The van der Waals surface area contributed by atoms with E-state index in [4.69, 9.17) is 4.74 Å². The van der Waals surface area contributed by atoms with E-state index in [9.17, 15) is 14.4 Å². The number of thiophene rings is 1. The third-order valence-corrected chi connectivity index (χ3v) is 6.26. The maximum absolute atomic E-state index is 13.4. The maximum atomic E-state index is 13.4. The number of esters is 1. The van der Waals surface area contributed by atoms with Crippen LogP contribution in [0.1, 0.15) is 43.2 Å². The number of carbonyl (C=O) groups excluding carboxylic acids is 3. The van der Waals surface area contributed by atoms with E-state index in [-0.39, 0.29) is 31.6 Å². The first-order valence-electron chi connectivity index (χ1n) is 10.9. The van der Waals surface area contributed by atoms with Crippen molar-refractivity contribution in [3.8, 4) is 0 Å². The van der Waals surface area contributed by atoms with Crippen molar-refractivity contribution in [2.45, 2.75) is 53.2 Å². The molecule has 2 rings (SSSR count). The molecule has 3 amide bonds. The molecule has 174 valence electrons. The molecule has 0 saturated heterocycles. The highest BCUT2D eigenvalue weighted by atomic mass is 32.1. The van der Waals surface area contributed by atoms with E-state index in [1.54, 1.807) is 23.2 Å². The minimum absolute atomic E-state index is 0.0685. The Balaban J connectivity index is 2.15. The average Bonchev–Trinajstić information content (AvgIpc) is 3.19. The molecule has 2 aromatic rings. The number of amides is 3. The van der Waals surface area contributed by atoms with Crippen molar-refractivity contribution >= 4 is 29.2 Å². The summed E-state index contributed by atoms with van der Waals surface area (Å²) in [7, 11) is 0. The Morgan fingerprint density at radius 2 is 1.81 bits per heavy atom. The van der Waals surface area contributed by atoms with Crippen molar-refractivity contribution in [1.82, 2.24) is 15.1 Å². The van der Waals surface area contributed by atoms with Gasteiger partial charge in [0.25, 0.3) is 0 Å². The van der Waals surface area contributed by atoms with Gasteiger partial charge in [0.1, 0.15) is 13.1 Å². The molecule has 1 atom stereocenters. The van der Waals surface area contributed by atoms with Gasteiger partial charge in [0.05, 0.1) is 13.2 Å². The number of hydrogen-bond donors (Lipinski definition) is 1. The van der Waals surface area contributed by atoms with Crippen molar-refractivity contribution in [1.29, 1.82) is 0 Å². The summed E-state index contributed by atoms with van der Waals surface area (Å²) in [6.07, 6.45) is 0.683. The van der Waals surface area contributed by atoms with Gasteiger partial charge in [-0.25, -0.2) is 4.79 Å². The lowest BCUT2D eigenvalue weighted by molar-refractivity contribution is -0.141. The zero-order valence-electron chi connectivity index (χ0n) is 19.3. The molecule has 0 spiro atoms. The Kier molecular flexibility index (Phi) is 10.2. The first-order valence-corrected chi connectivity index (χ1v) is 11.8. The van der Waals surface area contributed by atoms with E-state index in [2.05, 4.69) is 5.32 Å². The number of urea groups is 1. The highest BCUT2D eigenvalue weighted by Gasteiger charge is 2.26. The highest BCUT2D eigenvalue weighted by molar-refractivity contribution is 7.10. The second kappa shape index (κ2) is 12.9.